The average Bonchev–Trinajstić information content (AvgIpc) is 3.24. The fraction of sp³-hybridized carbons (Fsp3) is 0.524. The Labute approximate surface area is 179 Å². The van der Waals surface area contributed by atoms with E-state index in [-0.39, 0.29) is 5.91 Å². The van der Waals surface area contributed by atoms with Gasteiger partial charge < -0.3 is 19.9 Å². The second kappa shape index (κ2) is 8.63. The molecule has 1 aromatic heterocycles. The van der Waals surface area contributed by atoms with Gasteiger partial charge in [-0.2, -0.15) is 4.37 Å². The summed E-state index contributed by atoms with van der Waals surface area (Å²) >= 11 is 3.18. The van der Waals surface area contributed by atoms with Gasteiger partial charge in [-0.15, -0.1) is 0 Å². The number of rotatable bonds is 5. The highest BCUT2D eigenvalue weighted by atomic mass is 32.2. The molecule has 2 aromatic rings. The lowest BCUT2D eigenvalue weighted by atomic mass is 9.84. The molecule has 0 spiro atoms. The Morgan fingerprint density at radius 3 is 2.59 bits per heavy atom. The number of aromatic nitrogens is 1. The van der Waals surface area contributed by atoms with Crippen LogP contribution in [0.4, 0.5) is 5.00 Å². The standard InChI is InChI=1S/C21H26N4O2S2/c26-21(22-18-14-24-7-5-15(18)6-8-24)16-1-3-17(4-2-16)28-19-13-20(29-23-19)25-9-11-27-12-10-25/h1-4,13,15,18H,5-12,14H2,(H,22,26)/t18-/m0/s1. The molecular formula is C21H26N4O2S2. The third-order valence-corrected chi connectivity index (χ3v) is 8.00. The van der Waals surface area contributed by atoms with Crippen molar-refractivity contribution in [3.05, 3.63) is 35.9 Å². The molecule has 8 heteroatoms. The summed E-state index contributed by atoms with van der Waals surface area (Å²) < 4.78 is 10.0. The van der Waals surface area contributed by atoms with Gasteiger partial charge in [-0.1, -0.05) is 11.8 Å². The number of amides is 1. The Balaban J connectivity index is 1.18. The van der Waals surface area contributed by atoms with Crippen LogP contribution < -0.4 is 10.2 Å². The molecule has 4 aliphatic rings. The van der Waals surface area contributed by atoms with Crippen molar-refractivity contribution in [2.75, 3.05) is 50.8 Å². The van der Waals surface area contributed by atoms with Gasteiger partial charge in [-0.3, -0.25) is 4.79 Å². The predicted octanol–water partition coefficient (Wildman–Crippen LogP) is 2.95. The predicted molar refractivity (Wildman–Crippen MR) is 116 cm³/mol. The quantitative estimate of drug-likeness (QED) is 0.787. The van der Waals surface area contributed by atoms with Gasteiger partial charge in [-0.25, -0.2) is 0 Å². The first-order valence-corrected chi connectivity index (χ1v) is 11.9. The second-order valence-electron chi connectivity index (χ2n) is 7.95. The monoisotopic (exact) mass is 430 g/mol. The van der Waals surface area contributed by atoms with E-state index < -0.39 is 0 Å². The van der Waals surface area contributed by atoms with E-state index in [1.165, 1.54) is 30.9 Å². The Morgan fingerprint density at radius 2 is 1.90 bits per heavy atom. The van der Waals surface area contributed by atoms with E-state index in [0.717, 1.165) is 48.3 Å². The van der Waals surface area contributed by atoms with Gasteiger partial charge in [0.05, 0.1) is 13.2 Å². The van der Waals surface area contributed by atoms with Crippen LogP contribution in [0.2, 0.25) is 0 Å². The Hall–Kier alpha value is -1.61. The topological polar surface area (TPSA) is 57.7 Å². The number of carbonyl (C=O) groups is 1. The fourth-order valence-electron chi connectivity index (χ4n) is 4.41. The molecule has 4 saturated heterocycles. The average molecular weight is 431 g/mol. The van der Waals surface area contributed by atoms with Crippen molar-refractivity contribution in [2.45, 2.75) is 28.8 Å². The summed E-state index contributed by atoms with van der Waals surface area (Å²) in [5.74, 6) is 0.688. The first-order valence-electron chi connectivity index (χ1n) is 10.4. The van der Waals surface area contributed by atoms with Crippen molar-refractivity contribution < 1.29 is 9.53 Å². The van der Waals surface area contributed by atoms with Gasteiger partial charge in [0, 0.05) is 42.2 Å². The molecule has 0 saturated carbocycles. The van der Waals surface area contributed by atoms with Gasteiger partial charge in [0.1, 0.15) is 10.0 Å². The molecule has 0 aliphatic carbocycles. The van der Waals surface area contributed by atoms with Crippen LogP contribution in [-0.4, -0.2) is 67.2 Å². The van der Waals surface area contributed by atoms with E-state index in [0.29, 0.717) is 12.0 Å². The van der Waals surface area contributed by atoms with Crippen molar-refractivity contribution >= 4 is 34.2 Å². The molecule has 0 radical (unpaired) electrons. The van der Waals surface area contributed by atoms with E-state index in [2.05, 4.69) is 25.6 Å². The molecule has 0 unspecified atom stereocenters. The van der Waals surface area contributed by atoms with Crippen LogP contribution >= 0.6 is 23.3 Å². The molecule has 6 rings (SSSR count). The minimum absolute atomic E-state index is 0.0450. The number of piperidine rings is 3. The lowest BCUT2D eigenvalue weighted by Crippen LogP contribution is -2.57. The van der Waals surface area contributed by atoms with Crippen molar-refractivity contribution in [1.82, 2.24) is 14.6 Å². The van der Waals surface area contributed by atoms with E-state index in [1.54, 1.807) is 23.3 Å². The summed E-state index contributed by atoms with van der Waals surface area (Å²) in [6.45, 7) is 6.79. The van der Waals surface area contributed by atoms with Crippen molar-refractivity contribution in [3.8, 4) is 0 Å². The summed E-state index contributed by atoms with van der Waals surface area (Å²) in [6, 6.07) is 10.3. The summed E-state index contributed by atoms with van der Waals surface area (Å²) in [6.07, 6.45) is 2.42. The van der Waals surface area contributed by atoms with Crippen LogP contribution in [0.1, 0.15) is 23.2 Å². The fourth-order valence-corrected chi connectivity index (χ4v) is 6.12. The summed E-state index contributed by atoms with van der Waals surface area (Å²) in [4.78, 5) is 18.6. The molecule has 1 amide bonds. The van der Waals surface area contributed by atoms with Crippen LogP contribution in [0.15, 0.2) is 40.3 Å². The zero-order valence-corrected chi connectivity index (χ0v) is 18.0. The molecule has 154 valence electrons. The Kier molecular flexibility index (Phi) is 5.76. The first kappa shape index (κ1) is 19.4. The number of nitrogens with zero attached hydrogens (tertiary/aromatic N) is 3. The molecule has 1 atom stereocenters. The lowest BCUT2D eigenvalue weighted by Gasteiger charge is -2.44. The van der Waals surface area contributed by atoms with Crippen LogP contribution in [0, 0.1) is 5.92 Å². The zero-order valence-electron chi connectivity index (χ0n) is 16.4. The van der Waals surface area contributed by atoms with E-state index >= 15 is 0 Å². The van der Waals surface area contributed by atoms with Crippen LogP contribution in [0.5, 0.6) is 0 Å². The molecule has 4 fully saturated rings. The number of fused-ring (bicyclic) bond motifs is 3. The largest absolute Gasteiger partial charge is 0.378 e. The summed E-state index contributed by atoms with van der Waals surface area (Å²) in [5.41, 5.74) is 0.734. The molecule has 1 N–H and O–H groups in total. The molecule has 4 aliphatic heterocycles. The van der Waals surface area contributed by atoms with Crippen molar-refractivity contribution in [2.24, 2.45) is 5.92 Å². The number of hydrogen-bond acceptors (Lipinski definition) is 7. The molecule has 29 heavy (non-hydrogen) atoms. The van der Waals surface area contributed by atoms with Gasteiger partial charge >= 0.3 is 0 Å². The number of hydrogen-bond donors (Lipinski definition) is 1. The smallest absolute Gasteiger partial charge is 0.251 e. The minimum Gasteiger partial charge on any atom is -0.378 e. The third-order valence-electron chi connectivity index (χ3n) is 6.11. The molecular weight excluding hydrogens is 404 g/mol. The Morgan fingerprint density at radius 1 is 1.14 bits per heavy atom. The van der Waals surface area contributed by atoms with Crippen molar-refractivity contribution in [1.29, 1.82) is 0 Å². The van der Waals surface area contributed by atoms with Crippen LogP contribution in [0.3, 0.4) is 0 Å². The summed E-state index contributed by atoms with van der Waals surface area (Å²) in [7, 11) is 0. The number of ether oxygens (including phenoxy) is 1. The van der Waals surface area contributed by atoms with E-state index in [1.807, 2.05) is 24.3 Å². The zero-order chi connectivity index (χ0) is 19.6. The van der Waals surface area contributed by atoms with Crippen LogP contribution in [-0.2, 0) is 4.74 Å². The van der Waals surface area contributed by atoms with Crippen LogP contribution in [0.25, 0.3) is 0 Å². The van der Waals surface area contributed by atoms with E-state index in [4.69, 9.17) is 4.74 Å². The lowest BCUT2D eigenvalue weighted by molar-refractivity contribution is 0.0620. The normalized spacial score (nSPS) is 26.5. The maximum absolute atomic E-state index is 12.7. The molecule has 5 heterocycles. The maximum Gasteiger partial charge on any atom is 0.251 e. The first-order chi connectivity index (χ1) is 14.2. The SMILES string of the molecule is O=C(N[C@H]1CN2CCC1CC2)c1ccc(Sc2cc(N3CCOCC3)sn2)cc1. The number of benzene rings is 1. The number of carbonyl (C=O) groups excluding carboxylic acids is 1. The highest BCUT2D eigenvalue weighted by molar-refractivity contribution is 7.99. The highest BCUT2D eigenvalue weighted by Crippen LogP contribution is 2.33. The van der Waals surface area contributed by atoms with Gasteiger partial charge in [0.2, 0.25) is 0 Å². The van der Waals surface area contributed by atoms with Gasteiger partial charge in [0.25, 0.3) is 5.91 Å². The van der Waals surface area contributed by atoms with Gasteiger partial charge in [-0.05, 0) is 67.6 Å². The second-order valence-corrected chi connectivity index (χ2v) is 9.82. The Bertz CT molecular complexity index is 843. The summed E-state index contributed by atoms with van der Waals surface area (Å²) in [5, 5.41) is 5.46. The highest BCUT2D eigenvalue weighted by Gasteiger charge is 2.34. The van der Waals surface area contributed by atoms with Crippen molar-refractivity contribution in [3.63, 3.8) is 0 Å². The number of nitrogens with one attached hydrogen (secondary N) is 1. The van der Waals surface area contributed by atoms with E-state index in [9.17, 15) is 4.79 Å². The third kappa shape index (κ3) is 4.45. The number of morpholine rings is 1. The molecule has 6 nitrogen and oxygen atoms in total. The molecule has 2 bridgehead atoms. The van der Waals surface area contributed by atoms with Gasteiger partial charge in [0.15, 0.2) is 0 Å². The minimum atomic E-state index is 0.0450. The maximum atomic E-state index is 12.7. The molecule has 1 aromatic carbocycles. The number of anilines is 1.